The number of unbranched alkanes of at least 4 members (excludes halogenated alkanes) is 1. The third-order valence-electron chi connectivity index (χ3n) is 4.79. The van der Waals surface area contributed by atoms with Crippen molar-refractivity contribution in [3.63, 3.8) is 0 Å². The van der Waals surface area contributed by atoms with E-state index < -0.39 is 0 Å². The van der Waals surface area contributed by atoms with E-state index in [1.54, 1.807) is 7.11 Å². The molecule has 1 saturated heterocycles. The molecule has 0 saturated carbocycles. The molecule has 3 rings (SSSR count). The molecule has 0 spiro atoms. The van der Waals surface area contributed by atoms with Crippen molar-refractivity contribution in [1.82, 2.24) is 4.90 Å². The second-order valence-electron chi connectivity index (χ2n) is 6.69. The van der Waals surface area contributed by atoms with Gasteiger partial charge in [-0.2, -0.15) is 0 Å². The van der Waals surface area contributed by atoms with E-state index in [-0.39, 0.29) is 18.2 Å². The molecule has 0 N–H and O–H groups in total. The maximum absolute atomic E-state index is 12.6. The monoisotopic (exact) mass is 345 g/mol. The molecule has 0 radical (unpaired) electrons. The molecule has 2 heterocycles. The molecule has 0 aromatic heterocycles. The van der Waals surface area contributed by atoms with Crippen LogP contribution in [0.15, 0.2) is 42.0 Å². The van der Waals surface area contributed by atoms with E-state index in [4.69, 9.17) is 14.2 Å². The van der Waals surface area contributed by atoms with Gasteiger partial charge in [-0.15, -0.1) is 0 Å². The third-order valence-corrected chi connectivity index (χ3v) is 4.79. The van der Waals surface area contributed by atoms with E-state index in [1.165, 1.54) is 5.57 Å². The second kappa shape index (κ2) is 9.02. The van der Waals surface area contributed by atoms with Crippen LogP contribution in [-0.4, -0.2) is 50.0 Å². The highest BCUT2D eigenvalue weighted by molar-refractivity contribution is 5.69. The molecule has 2 bridgehead atoms. The Bertz CT molecular complexity index is 587. The molecule has 2 aliphatic heterocycles. The van der Waals surface area contributed by atoms with Gasteiger partial charge in [0.2, 0.25) is 0 Å². The summed E-state index contributed by atoms with van der Waals surface area (Å²) in [4.78, 5) is 14.5. The summed E-state index contributed by atoms with van der Waals surface area (Å²) in [6.45, 7) is 2.26. The number of methoxy groups -OCH3 is 1. The van der Waals surface area contributed by atoms with Crippen LogP contribution in [0.5, 0.6) is 0 Å². The predicted octanol–water partition coefficient (Wildman–Crippen LogP) is 3.54. The molecular weight excluding hydrogens is 318 g/mol. The molecule has 0 aliphatic carbocycles. The first kappa shape index (κ1) is 18.0. The summed E-state index contributed by atoms with van der Waals surface area (Å²) in [5.41, 5.74) is 2.44. The summed E-state index contributed by atoms with van der Waals surface area (Å²) in [6.07, 6.45) is 6.11. The van der Waals surface area contributed by atoms with Crippen molar-refractivity contribution in [2.24, 2.45) is 0 Å². The van der Waals surface area contributed by atoms with E-state index in [0.29, 0.717) is 19.8 Å². The van der Waals surface area contributed by atoms with Crippen molar-refractivity contribution in [3.05, 3.63) is 47.5 Å². The second-order valence-corrected chi connectivity index (χ2v) is 6.69. The Kier molecular flexibility index (Phi) is 6.48. The average Bonchev–Trinajstić information content (AvgIpc) is 2.63. The lowest BCUT2D eigenvalue weighted by Crippen LogP contribution is -2.56. The third kappa shape index (κ3) is 4.83. The Balaban J connectivity index is 1.56. The van der Waals surface area contributed by atoms with Crippen LogP contribution in [0.3, 0.4) is 0 Å². The van der Waals surface area contributed by atoms with Gasteiger partial charge in [-0.1, -0.05) is 42.0 Å². The van der Waals surface area contributed by atoms with Crippen LogP contribution >= 0.6 is 0 Å². The summed E-state index contributed by atoms with van der Waals surface area (Å²) < 4.78 is 16.3. The van der Waals surface area contributed by atoms with Crippen LogP contribution in [0.4, 0.5) is 4.79 Å². The molecule has 1 amide bonds. The number of hydrogen-bond donors (Lipinski definition) is 0. The molecule has 25 heavy (non-hydrogen) atoms. The van der Waals surface area contributed by atoms with Gasteiger partial charge in [0.05, 0.1) is 25.3 Å². The van der Waals surface area contributed by atoms with Gasteiger partial charge in [-0.3, -0.25) is 4.90 Å². The van der Waals surface area contributed by atoms with Gasteiger partial charge >= 0.3 is 6.09 Å². The number of carbonyl (C=O) groups is 1. The molecule has 2 atom stereocenters. The molecule has 1 aromatic rings. The van der Waals surface area contributed by atoms with Crippen LogP contribution < -0.4 is 0 Å². The number of morpholine rings is 1. The fraction of sp³-hybridized carbons (Fsp3) is 0.550. The zero-order chi connectivity index (χ0) is 17.5. The highest BCUT2D eigenvalue weighted by atomic mass is 16.6. The van der Waals surface area contributed by atoms with Gasteiger partial charge in [0.15, 0.2) is 0 Å². The summed E-state index contributed by atoms with van der Waals surface area (Å²) >= 11 is 0. The minimum Gasteiger partial charge on any atom is -0.445 e. The lowest BCUT2D eigenvalue weighted by atomic mass is 9.91. The zero-order valence-corrected chi connectivity index (χ0v) is 14.9. The number of benzene rings is 1. The SMILES string of the molecule is COCCCCC1=CC2COCC(C1)N2C(=O)OCc1ccccc1. The topological polar surface area (TPSA) is 48.0 Å². The maximum Gasteiger partial charge on any atom is 0.411 e. The van der Waals surface area contributed by atoms with Gasteiger partial charge in [0, 0.05) is 13.7 Å². The van der Waals surface area contributed by atoms with Crippen LogP contribution in [0, 0.1) is 0 Å². The summed E-state index contributed by atoms with van der Waals surface area (Å²) in [6, 6.07) is 9.86. The van der Waals surface area contributed by atoms with E-state index >= 15 is 0 Å². The number of rotatable bonds is 7. The number of amides is 1. The molecule has 136 valence electrons. The Morgan fingerprint density at radius 2 is 2.08 bits per heavy atom. The Labute approximate surface area is 149 Å². The van der Waals surface area contributed by atoms with Crippen molar-refractivity contribution >= 4 is 6.09 Å². The molecular formula is C20H27NO4. The van der Waals surface area contributed by atoms with E-state index in [9.17, 15) is 4.79 Å². The Morgan fingerprint density at radius 3 is 2.84 bits per heavy atom. The highest BCUT2D eigenvalue weighted by Gasteiger charge is 2.38. The smallest absolute Gasteiger partial charge is 0.411 e. The van der Waals surface area contributed by atoms with Crippen LogP contribution in [0.25, 0.3) is 0 Å². The van der Waals surface area contributed by atoms with Gasteiger partial charge in [0.25, 0.3) is 0 Å². The lowest BCUT2D eigenvalue weighted by molar-refractivity contribution is -0.0375. The highest BCUT2D eigenvalue weighted by Crippen LogP contribution is 2.30. The number of hydrogen-bond acceptors (Lipinski definition) is 4. The maximum atomic E-state index is 12.6. The fourth-order valence-corrected chi connectivity index (χ4v) is 3.55. The van der Waals surface area contributed by atoms with E-state index in [1.807, 2.05) is 35.2 Å². The van der Waals surface area contributed by atoms with Crippen LogP contribution in [0.1, 0.15) is 31.2 Å². The molecule has 5 nitrogen and oxygen atoms in total. The van der Waals surface area contributed by atoms with Gasteiger partial charge in [-0.05, 0) is 31.2 Å². The number of ether oxygens (including phenoxy) is 3. The first-order valence-electron chi connectivity index (χ1n) is 9.03. The van der Waals surface area contributed by atoms with Crippen LogP contribution in [0.2, 0.25) is 0 Å². The standard InChI is InChI=1S/C20H27NO4/c1-23-10-6-5-9-17-11-18-14-24-15-19(12-17)21(18)20(22)25-13-16-7-3-2-4-8-16/h2-4,7-8,11,18-19H,5-6,9-10,12-15H2,1H3. The van der Waals surface area contributed by atoms with Gasteiger partial charge in [-0.25, -0.2) is 4.79 Å². The Hall–Kier alpha value is -1.85. The largest absolute Gasteiger partial charge is 0.445 e. The number of nitrogens with zero attached hydrogens (tertiary/aromatic N) is 1. The summed E-state index contributed by atoms with van der Waals surface area (Å²) in [5, 5.41) is 0. The molecule has 1 fully saturated rings. The Morgan fingerprint density at radius 1 is 1.24 bits per heavy atom. The minimum absolute atomic E-state index is 0.00630. The minimum atomic E-state index is -0.239. The van der Waals surface area contributed by atoms with Crippen molar-refractivity contribution in [2.45, 2.75) is 44.4 Å². The van der Waals surface area contributed by atoms with Gasteiger partial charge < -0.3 is 14.2 Å². The lowest BCUT2D eigenvalue weighted by Gasteiger charge is -2.43. The summed E-state index contributed by atoms with van der Waals surface area (Å²) in [5.74, 6) is 0. The normalized spacial score (nSPS) is 22.4. The van der Waals surface area contributed by atoms with Gasteiger partial charge in [0.1, 0.15) is 6.61 Å². The number of fused-ring (bicyclic) bond motifs is 2. The fourth-order valence-electron chi connectivity index (χ4n) is 3.55. The molecule has 5 heteroatoms. The van der Waals surface area contributed by atoms with Crippen molar-refractivity contribution in [2.75, 3.05) is 26.9 Å². The molecule has 2 unspecified atom stereocenters. The quantitative estimate of drug-likeness (QED) is 0.560. The first-order valence-corrected chi connectivity index (χ1v) is 9.03. The van der Waals surface area contributed by atoms with E-state index in [0.717, 1.165) is 37.9 Å². The van der Waals surface area contributed by atoms with Crippen molar-refractivity contribution in [1.29, 1.82) is 0 Å². The van der Waals surface area contributed by atoms with Crippen molar-refractivity contribution < 1.29 is 19.0 Å². The predicted molar refractivity (Wildman–Crippen MR) is 95.3 cm³/mol. The molecule has 2 aliphatic rings. The summed E-state index contributed by atoms with van der Waals surface area (Å²) in [7, 11) is 1.74. The zero-order valence-electron chi connectivity index (χ0n) is 14.9. The first-order chi connectivity index (χ1) is 12.3. The number of carbonyl (C=O) groups excluding carboxylic acids is 1. The van der Waals surface area contributed by atoms with Crippen LogP contribution in [-0.2, 0) is 20.8 Å². The molecule has 1 aromatic carbocycles. The van der Waals surface area contributed by atoms with Crippen molar-refractivity contribution in [3.8, 4) is 0 Å². The average molecular weight is 345 g/mol. The van der Waals surface area contributed by atoms with E-state index in [2.05, 4.69) is 6.08 Å².